The number of likely N-dealkylation sites (tertiary alicyclic amines) is 1. The number of allylic oxidation sites excluding steroid dienone is 1. The zero-order chi connectivity index (χ0) is 21.3. The average Bonchev–Trinajstić information content (AvgIpc) is 2.75. The van der Waals surface area contributed by atoms with Crippen LogP contribution in [0.5, 0.6) is 0 Å². The Hall–Kier alpha value is -2.91. The van der Waals surface area contributed by atoms with Crippen molar-refractivity contribution in [1.82, 2.24) is 14.9 Å². The van der Waals surface area contributed by atoms with Gasteiger partial charge in [0, 0.05) is 25.7 Å². The quantitative estimate of drug-likeness (QED) is 0.372. The minimum Gasteiger partial charge on any atom is -0.450 e. The number of nitrogens with zero attached hydrogens (tertiary/aromatic N) is 4. The second kappa shape index (κ2) is 10.7. The molecule has 3 rings (SSSR count). The number of carbonyl (C=O) groups is 1. The highest BCUT2D eigenvalue weighted by atomic mass is 16.6. The van der Waals surface area contributed by atoms with E-state index in [1.165, 1.54) is 24.7 Å². The summed E-state index contributed by atoms with van der Waals surface area (Å²) in [6.45, 7) is 3.79. The molecule has 0 atom stereocenters. The molecule has 164 valence electrons. The number of nitrogens with one attached hydrogen (secondary N) is 2. The molecule has 0 aromatic carbocycles. The van der Waals surface area contributed by atoms with Crippen molar-refractivity contribution in [3.8, 4) is 0 Å². The van der Waals surface area contributed by atoms with Crippen LogP contribution in [0.1, 0.15) is 51.9 Å². The molecule has 2 aliphatic rings. The third-order valence-electron chi connectivity index (χ3n) is 5.49. The molecule has 10 heteroatoms. The van der Waals surface area contributed by atoms with Crippen molar-refractivity contribution in [2.75, 3.05) is 36.9 Å². The van der Waals surface area contributed by atoms with Crippen molar-refractivity contribution >= 4 is 23.4 Å². The number of hydrogen-bond acceptors (Lipinski definition) is 8. The monoisotopic (exact) mass is 418 g/mol. The lowest BCUT2D eigenvalue weighted by molar-refractivity contribution is -0.383. The van der Waals surface area contributed by atoms with Gasteiger partial charge in [-0.05, 0) is 51.9 Å². The first-order valence-electron chi connectivity index (χ1n) is 10.7. The Kier molecular flexibility index (Phi) is 7.81. The molecule has 0 saturated carbocycles. The zero-order valence-electron chi connectivity index (χ0n) is 17.4. The third-order valence-corrected chi connectivity index (χ3v) is 5.49. The van der Waals surface area contributed by atoms with E-state index in [1.54, 1.807) is 11.8 Å². The smallest absolute Gasteiger partial charge is 0.409 e. The Bertz CT molecular complexity index is 777. The van der Waals surface area contributed by atoms with Crippen LogP contribution in [0.25, 0.3) is 0 Å². The molecular weight excluding hydrogens is 388 g/mol. The predicted octanol–water partition coefficient (Wildman–Crippen LogP) is 3.72. The van der Waals surface area contributed by atoms with Crippen LogP contribution in [0.3, 0.4) is 0 Å². The molecule has 0 bridgehead atoms. The molecule has 1 aliphatic heterocycles. The summed E-state index contributed by atoms with van der Waals surface area (Å²) in [6, 6.07) is -0.00970. The topological polar surface area (TPSA) is 123 Å². The number of aromatic nitrogens is 2. The van der Waals surface area contributed by atoms with Gasteiger partial charge in [-0.3, -0.25) is 10.1 Å². The minimum atomic E-state index is -0.446. The van der Waals surface area contributed by atoms with Crippen LogP contribution in [0, 0.1) is 10.1 Å². The molecular formula is C20H30N6O4. The number of piperidine rings is 1. The lowest BCUT2D eigenvalue weighted by Gasteiger charge is -2.31. The summed E-state index contributed by atoms with van der Waals surface area (Å²) in [5, 5.41) is 18.0. The fourth-order valence-electron chi connectivity index (χ4n) is 3.87. The normalized spacial score (nSPS) is 17.2. The Balaban J connectivity index is 1.59. The summed E-state index contributed by atoms with van der Waals surface area (Å²) in [6.07, 6.45) is 10.1. The van der Waals surface area contributed by atoms with E-state index in [4.69, 9.17) is 4.74 Å². The summed E-state index contributed by atoms with van der Waals surface area (Å²) in [7, 11) is 0. The first-order chi connectivity index (χ1) is 14.6. The Morgan fingerprint density at radius 2 is 2.07 bits per heavy atom. The number of ether oxygens (including phenoxy) is 1. The molecule has 2 N–H and O–H groups in total. The van der Waals surface area contributed by atoms with Crippen LogP contribution in [0.4, 0.5) is 22.1 Å². The summed E-state index contributed by atoms with van der Waals surface area (Å²) < 4.78 is 5.03. The molecule has 10 nitrogen and oxygen atoms in total. The summed E-state index contributed by atoms with van der Waals surface area (Å²) in [4.78, 5) is 33.0. The number of nitro groups is 1. The van der Waals surface area contributed by atoms with Crippen molar-refractivity contribution < 1.29 is 14.5 Å². The van der Waals surface area contributed by atoms with Crippen molar-refractivity contribution in [1.29, 1.82) is 0 Å². The van der Waals surface area contributed by atoms with Gasteiger partial charge in [0.05, 0.1) is 11.5 Å². The summed E-state index contributed by atoms with van der Waals surface area (Å²) in [5.41, 5.74) is 1.26. The van der Waals surface area contributed by atoms with E-state index in [1.807, 2.05) is 0 Å². The molecule has 0 radical (unpaired) electrons. The molecule has 2 heterocycles. The van der Waals surface area contributed by atoms with Crippen LogP contribution in [-0.4, -0.2) is 58.2 Å². The fraction of sp³-hybridized carbons (Fsp3) is 0.650. The zero-order valence-corrected chi connectivity index (χ0v) is 17.4. The van der Waals surface area contributed by atoms with Crippen molar-refractivity contribution in [3.63, 3.8) is 0 Å². The lowest BCUT2D eigenvalue weighted by Crippen LogP contribution is -2.42. The van der Waals surface area contributed by atoms with Crippen LogP contribution < -0.4 is 10.6 Å². The number of rotatable bonds is 8. The van der Waals surface area contributed by atoms with Crippen LogP contribution >= 0.6 is 0 Å². The second-order valence-electron chi connectivity index (χ2n) is 7.57. The standard InChI is InChI=1S/C20H30N6O4/c1-2-30-20(27)25-12-9-16(10-13-25)24-19-17(26(28)29)18(22-14-23-19)21-11-8-15-6-4-3-5-7-15/h6,14,16H,2-5,7-13H2,1H3,(H2,21,22,23,24). The molecule has 0 unspecified atom stereocenters. The van der Waals surface area contributed by atoms with Crippen LogP contribution in [0.15, 0.2) is 18.0 Å². The highest BCUT2D eigenvalue weighted by Crippen LogP contribution is 2.31. The number of hydrogen-bond donors (Lipinski definition) is 2. The Morgan fingerprint density at radius 3 is 2.73 bits per heavy atom. The van der Waals surface area contributed by atoms with E-state index in [9.17, 15) is 14.9 Å². The maximum absolute atomic E-state index is 11.8. The van der Waals surface area contributed by atoms with E-state index >= 15 is 0 Å². The summed E-state index contributed by atoms with van der Waals surface area (Å²) >= 11 is 0. The van der Waals surface area contributed by atoms with Gasteiger partial charge in [0.15, 0.2) is 0 Å². The first-order valence-corrected chi connectivity index (χ1v) is 10.7. The van der Waals surface area contributed by atoms with Gasteiger partial charge in [-0.25, -0.2) is 14.8 Å². The Labute approximate surface area is 176 Å². The van der Waals surface area contributed by atoms with Gasteiger partial charge in [0.2, 0.25) is 11.6 Å². The molecule has 1 fully saturated rings. The van der Waals surface area contributed by atoms with E-state index in [-0.39, 0.29) is 29.5 Å². The first kappa shape index (κ1) is 21.8. The molecule has 1 aliphatic carbocycles. The van der Waals surface area contributed by atoms with Gasteiger partial charge in [-0.15, -0.1) is 0 Å². The van der Waals surface area contributed by atoms with E-state index in [0.29, 0.717) is 39.1 Å². The maximum Gasteiger partial charge on any atom is 0.409 e. The lowest BCUT2D eigenvalue weighted by atomic mass is 9.97. The highest BCUT2D eigenvalue weighted by molar-refractivity contribution is 5.70. The number of anilines is 2. The number of carbonyl (C=O) groups excluding carboxylic acids is 1. The van der Waals surface area contributed by atoms with Gasteiger partial charge in [-0.1, -0.05) is 11.6 Å². The largest absolute Gasteiger partial charge is 0.450 e. The van der Waals surface area contributed by atoms with Gasteiger partial charge in [0.1, 0.15) is 6.33 Å². The fourth-order valence-corrected chi connectivity index (χ4v) is 3.87. The SMILES string of the molecule is CCOC(=O)N1CCC(Nc2ncnc(NCCC3=CCCCC3)c2[N+](=O)[O-])CC1. The molecule has 30 heavy (non-hydrogen) atoms. The minimum absolute atomic E-state index is 0.00970. The van der Waals surface area contributed by atoms with Gasteiger partial charge in [0.25, 0.3) is 0 Å². The van der Waals surface area contributed by atoms with Gasteiger partial charge in [-0.2, -0.15) is 0 Å². The van der Waals surface area contributed by atoms with Crippen LogP contribution in [0.2, 0.25) is 0 Å². The van der Waals surface area contributed by atoms with Crippen molar-refractivity contribution in [3.05, 3.63) is 28.1 Å². The number of amides is 1. The molecule has 1 saturated heterocycles. The third kappa shape index (κ3) is 5.80. The van der Waals surface area contributed by atoms with E-state index in [2.05, 4.69) is 26.7 Å². The molecule has 1 amide bonds. The van der Waals surface area contributed by atoms with Gasteiger partial charge >= 0.3 is 11.8 Å². The summed E-state index contributed by atoms with van der Waals surface area (Å²) in [5.74, 6) is 0.446. The van der Waals surface area contributed by atoms with Crippen molar-refractivity contribution in [2.45, 2.75) is 57.9 Å². The van der Waals surface area contributed by atoms with E-state index < -0.39 is 4.92 Å². The van der Waals surface area contributed by atoms with Crippen LogP contribution in [-0.2, 0) is 4.74 Å². The van der Waals surface area contributed by atoms with E-state index in [0.717, 1.165) is 19.3 Å². The molecule has 1 aromatic heterocycles. The molecule has 1 aromatic rings. The highest BCUT2D eigenvalue weighted by Gasteiger charge is 2.28. The van der Waals surface area contributed by atoms with Gasteiger partial charge < -0.3 is 20.3 Å². The predicted molar refractivity (Wildman–Crippen MR) is 114 cm³/mol. The second-order valence-corrected chi connectivity index (χ2v) is 7.57. The van der Waals surface area contributed by atoms with Crippen molar-refractivity contribution in [2.24, 2.45) is 0 Å². The molecule has 0 spiro atoms. The maximum atomic E-state index is 11.8. The Morgan fingerprint density at radius 1 is 1.30 bits per heavy atom. The average molecular weight is 418 g/mol.